The van der Waals surface area contributed by atoms with Gasteiger partial charge in [0.05, 0.1) is 0 Å². The highest BCUT2D eigenvalue weighted by Gasteiger charge is 1.94. The van der Waals surface area contributed by atoms with E-state index in [1.807, 2.05) is 0 Å². The fraction of sp³-hybridized carbons (Fsp3) is 0.875. The summed E-state index contributed by atoms with van der Waals surface area (Å²) in [5.41, 5.74) is 0. The Morgan fingerprint density at radius 1 is 1.33 bits per heavy atom. The molecule has 0 aliphatic heterocycles. The van der Waals surface area contributed by atoms with Gasteiger partial charge in [0.1, 0.15) is 0 Å². The highest BCUT2D eigenvalue weighted by atomic mass is 35.5. The molecule has 1 heteroatoms. The van der Waals surface area contributed by atoms with Crippen molar-refractivity contribution in [1.82, 2.24) is 0 Å². The van der Waals surface area contributed by atoms with Crippen molar-refractivity contribution < 1.29 is 0 Å². The van der Waals surface area contributed by atoms with Gasteiger partial charge < -0.3 is 0 Å². The van der Waals surface area contributed by atoms with Crippen molar-refractivity contribution in [3.63, 3.8) is 0 Å². The highest BCUT2D eigenvalue weighted by Crippen LogP contribution is 2.09. The lowest BCUT2D eigenvalue weighted by atomic mass is 10.0. The van der Waals surface area contributed by atoms with E-state index in [-0.39, 0.29) is 12.4 Å². The first-order chi connectivity index (χ1) is 3.81. The molecule has 0 aromatic heterocycles. The number of hydrogen-bond acceptors (Lipinski definition) is 0. The first-order valence-corrected chi connectivity index (χ1v) is 3.64. The summed E-state index contributed by atoms with van der Waals surface area (Å²) < 4.78 is 0. The van der Waals surface area contributed by atoms with Crippen LogP contribution in [0.2, 0.25) is 0 Å². The summed E-state index contributed by atoms with van der Waals surface area (Å²) >= 11 is 0. The molecule has 0 aliphatic rings. The average molecular weight is 150 g/mol. The second-order valence-corrected chi connectivity index (χ2v) is 2.42. The largest absolute Gasteiger partial charge is 0.147 e. The molecule has 0 heterocycles. The first-order valence-electron chi connectivity index (χ1n) is 3.64. The van der Waals surface area contributed by atoms with Gasteiger partial charge in [0, 0.05) is 0 Å². The van der Waals surface area contributed by atoms with Crippen molar-refractivity contribution in [3.8, 4) is 0 Å². The third kappa shape index (κ3) is 8.29. The third-order valence-corrected chi connectivity index (χ3v) is 1.54. The van der Waals surface area contributed by atoms with Crippen LogP contribution in [0.4, 0.5) is 0 Å². The Labute approximate surface area is 65.4 Å². The van der Waals surface area contributed by atoms with E-state index in [1.54, 1.807) is 0 Å². The van der Waals surface area contributed by atoms with Gasteiger partial charge in [-0.25, -0.2) is 0 Å². The normalized spacial score (nSPS) is 12.3. The zero-order valence-electron chi connectivity index (χ0n) is 6.52. The van der Waals surface area contributed by atoms with Crippen molar-refractivity contribution in [1.29, 1.82) is 0 Å². The summed E-state index contributed by atoms with van der Waals surface area (Å²) in [5, 5.41) is 0. The molecule has 0 rings (SSSR count). The van der Waals surface area contributed by atoms with Crippen LogP contribution in [-0.2, 0) is 0 Å². The number of rotatable bonds is 4. The Bertz CT molecular complexity index is 43.8. The molecule has 1 atom stereocenters. The number of hydrogen-bond donors (Lipinski definition) is 0. The monoisotopic (exact) mass is 149 g/mol. The molecule has 0 aromatic rings. The van der Waals surface area contributed by atoms with Crippen molar-refractivity contribution in [2.75, 3.05) is 0 Å². The van der Waals surface area contributed by atoms with E-state index >= 15 is 0 Å². The fourth-order valence-electron chi connectivity index (χ4n) is 0.697. The van der Waals surface area contributed by atoms with Crippen LogP contribution < -0.4 is 0 Å². The van der Waals surface area contributed by atoms with E-state index in [9.17, 15) is 0 Å². The van der Waals surface area contributed by atoms with Gasteiger partial charge in [-0.15, -0.1) is 12.4 Å². The molecule has 0 spiro atoms. The summed E-state index contributed by atoms with van der Waals surface area (Å²) in [5.74, 6) is 0.704. The Hall–Kier alpha value is 0.290. The average Bonchev–Trinajstić information content (AvgIpc) is 1.83. The van der Waals surface area contributed by atoms with E-state index in [1.165, 1.54) is 25.7 Å². The summed E-state index contributed by atoms with van der Waals surface area (Å²) in [7, 11) is 0. The van der Waals surface area contributed by atoms with E-state index in [2.05, 4.69) is 20.8 Å². The predicted molar refractivity (Wildman–Crippen MR) is 45.9 cm³/mol. The predicted octanol–water partition coefficient (Wildman–Crippen LogP) is 3.46. The van der Waals surface area contributed by atoms with Crippen LogP contribution >= 0.6 is 12.4 Å². The Morgan fingerprint density at radius 2 is 1.89 bits per heavy atom. The van der Waals surface area contributed by atoms with Crippen molar-refractivity contribution >= 4 is 12.4 Å². The fourth-order valence-corrected chi connectivity index (χ4v) is 0.697. The van der Waals surface area contributed by atoms with Gasteiger partial charge in [-0.1, -0.05) is 46.5 Å². The van der Waals surface area contributed by atoms with Crippen LogP contribution in [-0.4, -0.2) is 0 Å². The second-order valence-electron chi connectivity index (χ2n) is 2.42. The molecule has 57 valence electrons. The lowest BCUT2D eigenvalue weighted by molar-refractivity contribution is 0.537. The lowest BCUT2D eigenvalue weighted by Crippen LogP contribution is -1.90. The first kappa shape index (κ1) is 12.0. The highest BCUT2D eigenvalue weighted by molar-refractivity contribution is 5.85. The summed E-state index contributed by atoms with van der Waals surface area (Å²) in [4.78, 5) is 0. The molecule has 1 unspecified atom stereocenters. The standard InChI is InChI=1S/C8H17.ClH/c1-4-6-7-8(3)5-2;/h8H,3-7H2,1-2H3;1H. The van der Waals surface area contributed by atoms with Gasteiger partial charge in [0.2, 0.25) is 0 Å². The minimum absolute atomic E-state index is 0. The smallest absolute Gasteiger partial charge is 0.0417 e. The van der Waals surface area contributed by atoms with Gasteiger partial charge >= 0.3 is 0 Å². The van der Waals surface area contributed by atoms with Crippen molar-refractivity contribution in [2.24, 2.45) is 5.92 Å². The maximum atomic E-state index is 3.99. The SMILES string of the molecule is Cl.[CH2]C(CC)CCCC. The number of halogens is 1. The Balaban J connectivity index is 0. The van der Waals surface area contributed by atoms with Gasteiger partial charge in [0.25, 0.3) is 0 Å². The molecule has 1 radical (unpaired) electrons. The molecule has 0 N–H and O–H groups in total. The summed E-state index contributed by atoms with van der Waals surface area (Å²) in [6, 6.07) is 0. The topological polar surface area (TPSA) is 0 Å². The molecular formula is C8H18Cl. The molecule has 9 heavy (non-hydrogen) atoms. The van der Waals surface area contributed by atoms with E-state index < -0.39 is 0 Å². The van der Waals surface area contributed by atoms with E-state index in [0.717, 1.165) is 0 Å². The molecule has 0 nitrogen and oxygen atoms in total. The molecule has 0 amide bonds. The van der Waals surface area contributed by atoms with Crippen LogP contribution in [0.15, 0.2) is 0 Å². The molecule has 0 saturated heterocycles. The van der Waals surface area contributed by atoms with Gasteiger partial charge in [-0.05, 0) is 5.92 Å². The Kier molecular flexibility index (Phi) is 11.1. The molecule has 0 fully saturated rings. The minimum atomic E-state index is 0. The zero-order chi connectivity index (χ0) is 6.41. The van der Waals surface area contributed by atoms with Crippen molar-refractivity contribution in [2.45, 2.75) is 39.5 Å². The lowest BCUT2D eigenvalue weighted by Gasteiger charge is -2.04. The molecule has 0 saturated carbocycles. The van der Waals surface area contributed by atoms with Gasteiger partial charge in [-0.3, -0.25) is 0 Å². The molecule has 0 aromatic carbocycles. The number of unbranched alkanes of at least 4 members (excludes halogenated alkanes) is 1. The van der Waals surface area contributed by atoms with Crippen LogP contribution in [0.5, 0.6) is 0 Å². The van der Waals surface area contributed by atoms with Crippen LogP contribution in [0.25, 0.3) is 0 Å². The van der Waals surface area contributed by atoms with Crippen LogP contribution in [0.1, 0.15) is 39.5 Å². The quantitative estimate of drug-likeness (QED) is 0.575. The molecule has 0 bridgehead atoms. The van der Waals surface area contributed by atoms with Crippen molar-refractivity contribution in [3.05, 3.63) is 6.92 Å². The Morgan fingerprint density at radius 3 is 2.22 bits per heavy atom. The van der Waals surface area contributed by atoms with Gasteiger partial charge in [-0.2, -0.15) is 0 Å². The maximum absolute atomic E-state index is 3.99. The molecule has 0 aliphatic carbocycles. The second kappa shape index (κ2) is 8.29. The molecular weight excluding hydrogens is 132 g/mol. The van der Waals surface area contributed by atoms with Gasteiger partial charge in [0.15, 0.2) is 0 Å². The van der Waals surface area contributed by atoms with Crippen LogP contribution in [0.3, 0.4) is 0 Å². The maximum Gasteiger partial charge on any atom is -0.0417 e. The summed E-state index contributed by atoms with van der Waals surface area (Å²) in [6.07, 6.45) is 5.21. The summed E-state index contributed by atoms with van der Waals surface area (Å²) in [6.45, 7) is 8.42. The van der Waals surface area contributed by atoms with E-state index in [4.69, 9.17) is 0 Å². The third-order valence-electron chi connectivity index (χ3n) is 1.54. The van der Waals surface area contributed by atoms with E-state index in [0.29, 0.717) is 5.92 Å². The minimum Gasteiger partial charge on any atom is -0.147 e. The zero-order valence-corrected chi connectivity index (χ0v) is 7.34. The van der Waals surface area contributed by atoms with Crippen LogP contribution in [0, 0.1) is 12.8 Å².